The number of halogens is 3. The number of hydrogen-bond acceptors (Lipinski definition) is 5. The van der Waals surface area contributed by atoms with E-state index in [0.29, 0.717) is 15.6 Å². The van der Waals surface area contributed by atoms with E-state index in [9.17, 15) is 31.5 Å². The Kier molecular flexibility index (Phi) is 8.65. The zero-order valence-corrected chi connectivity index (χ0v) is 23.7. The molecule has 1 aliphatic heterocycles. The number of aliphatic hydroxyl groups is 1. The second-order valence-corrected chi connectivity index (χ2v) is 12.5. The van der Waals surface area contributed by atoms with Crippen molar-refractivity contribution >= 4 is 26.8 Å². The number of rotatable bonds is 6. The third kappa shape index (κ3) is 6.04. The standard InChI is InChI=1S/C28H34F3N3O5S/c1-18-13-34(19(2)15-35)27(36)26-25(22-11-7-8-12-23(22)33(26)4)21-10-6-5-9-20(21)16-39-24(18)14-32(3)40(37,38)17-28(29,30)31/h5-12,18-19,24,35H,13-17H2,1-4H3/t18-,19+,24-/m1/s1. The van der Waals surface area contributed by atoms with Crippen molar-refractivity contribution < 1.29 is 36.2 Å². The summed E-state index contributed by atoms with van der Waals surface area (Å²) in [5.41, 5.74) is 3.51. The second kappa shape index (κ2) is 11.5. The van der Waals surface area contributed by atoms with Crippen LogP contribution >= 0.6 is 0 Å². The molecule has 0 spiro atoms. The predicted molar refractivity (Wildman–Crippen MR) is 146 cm³/mol. The molecule has 0 radical (unpaired) electrons. The largest absolute Gasteiger partial charge is 0.404 e. The molecule has 1 amide bonds. The van der Waals surface area contributed by atoms with Gasteiger partial charge in [-0.05, 0) is 24.1 Å². The second-order valence-electron chi connectivity index (χ2n) is 10.4. The van der Waals surface area contributed by atoms with Gasteiger partial charge < -0.3 is 19.3 Å². The Bertz CT molecular complexity index is 1490. The SMILES string of the molecule is C[C@@H]1CN([C@@H](C)CO)C(=O)c2c(c3ccccc3n2C)-c2ccccc2CO[C@@H]1CN(C)S(=O)(=O)CC(F)(F)F. The number of amides is 1. The number of carbonyl (C=O) groups excluding carboxylic acids is 1. The Balaban J connectivity index is 1.84. The third-order valence-corrected chi connectivity index (χ3v) is 9.27. The minimum atomic E-state index is -4.89. The minimum absolute atomic E-state index is 0.0464. The fourth-order valence-electron chi connectivity index (χ4n) is 5.21. The number of aliphatic hydroxyl groups excluding tert-OH is 1. The molecule has 2 aromatic carbocycles. The van der Waals surface area contributed by atoms with Gasteiger partial charge in [-0.1, -0.05) is 49.4 Å². The molecule has 218 valence electrons. The Morgan fingerprint density at radius 3 is 2.48 bits per heavy atom. The van der Waals surface area contributed by atoms with Crippen LogP contribution in [0, 0.1) is 5.92 Å². The summed E-state index contributed by atoms with van der Waals surface area (Å²) < 4.78 is 72.5. The van der Waals surface area contributed by atoms with Crippen LogP contribution in [0.1, 0.15) is 29.9 Å². The maximum Gasteiger partial charge on any atom is 0.404 e. The number of hydrogen-bond donors (Lipinski definition) is 1. The Hall–Kier alpha value is -2.93. The number of likely N-dealkylation sites (N-methyl/N-ethyl adjacent to an activating group) is 1. The lowest BCUT2D eigenvalue weighted by molar-refractivity contribution is -0.107. The number of alkyl halides is 3. The van der Waals surface area contributed by atoms with Gasteiger partial charge in [0.05, 0.1) is 25.4 Å². The van der Waals surface area contributed by atoms with E-state index in [4.69, 9.17) is 4.74 Å². The van der Waals surface area contributed by atoms with Crippen molar-refractivity contribution in [2.75, 3.05) is 32.5 Å². The lowest BCUT2D eigenvalue weighted by Crippen LogP contribution is -2.48. The summed E-state index contributed by atoms with van der Waals surface area (Å²) in [5, 5.41) is 10.9. The van der Waals surface area contributed by atoms with Crippen molar-refractivity contribution in [2.24, 2.45) is 13.0 Å². The molecule has 0 aliphatic carbocycles. The van der Waals surface area contributed by atoms with Gasteiger partial charge in [0, 0.05) is 49.6 Å². The topological polar surface area (TPSA) is 92.1 Å². The number of benzene rings is 2. The summed E-state index contributed by atoms with van der Waals surface area (Å²) in [4.78, 5) is 15.8. The van der Waals surface area contributed by atoms with Crippen molar-refractivity contribution in [1.29, 1.82) is 0 Å². The van der Waals surface area contributed by atoms with E-state index in [-0.39, 0.29) is 32.2 Å². The van der Waals surface area contributed by atoms with Crippen LogP contribution in [-0.4, -0.2) is 84.0 Å². The molecule has 8 nitrogen and oxygen atoms in total. The molecule has 0 unspecified atom stereocenters. The molecule has 0 fully saturated rings. The number of nitrogens with zero attached hydrogens (tertiary/aromatic N) is 3. The van der Waals surface area contributed by atoms with E-state index in [1.807, 2.05) is 60.1 Å². The first-order chi connectivity index (χ1) is 18.7. The van der Waals surface area contributed by atoms with Crippen LogP contribution in [0.3, 0.4) is 0 Å². The quantitative estimate of drug-likeness (QED) is 0.475. The highest BCUT2D eigenvalue weighted by Crippen LogP contribution is 2.38. The Morgan fingerprint density at radius 1 is 1.15 bits per heavy atom. The lowest BCUT2D eigenvalue weighted by Gasteiger charge is -2.35. The van der Waals surface area contributed by atoms with Crippen LogP contribution in [0.2, 0.25) is 0 Å². The molecule has 1 aromatic heterocycles. The summed E-state index contributed by atoms with van der Waals surface area (Å²) in [6.07, 6.45) is -5.73. The van der Waals surface area contributed by atoms with Crippen LogP contribution < -0.4 is 0 Å². The van der Waals surface area contributed by atoms with Crippen molar-refractivity contribution in [1.82, 2.24) is 13.8 Å². The maximum absolute atomic E-state index is 14.3. The summed E-state index contributed by atoms with van der Waals surface area (Å²) in [5.74, 6) is -2.80. The lowest BCUT2D eigenvalue weighted by atomic mass is 9.96. The zero-order valence-electron chi connectivity index (χ0n) is 22.9. The van der Waals surface area contributed by atoms with Crippen molar-refractivity contribution in [3.8, 4) is 11.1 Å². The number of para-hydroxylation sites is 1. The highest BCUT2D eigenvalue weighted by Gasteiger charge is 2.39. The fraction of sp³-hybridized carbons (Fsp3) is 0.464. The van der Waals surface area contributed by atoms with Gasteiger partial charge in [-0.2, -0.15) is 13.2 Å². The molecule has 0 bridgehead atoms. The molecule has 0 saturated carbocycles. The smallest absolute Gasteiger partial charge is 0.394 e. The normalized spacial score (nSPS) is 19.8. The van der Waals surface area contributed by atoms with Gasteiger partial charge in [0.1, 0.15) is 5.69 Å². The van der Waals surface area contributed by atoms with Crippen molar-refractivity contribution in [3.05, 3.63) is 59.8 Å². The first-order valence-corrected chi connectivity index (χ1v) is 14.6. The monoisotopic (exact) mass is 581 g/mol. The molecule has 12 heteroatoms. The van der Waals surface area contributed by atoms with E-state index in [1.54, 1.807) is 13.8 Å². The van der Waals surface area contributed by atoms with E-state index < -0.39 is 40.0 Å². The molecule has 3 atom stereocenters. The van der Waals surface area contributed by atoms with Gasteiger partial charge in [-0.25, -0.2) is 12.7 Å². The number of carbonyl (C=O) groups is 1. The number of fused-ring (bicyclic) bond motifs is 5. The summed E-state index contributed by atoms with van der Waals surface area (Å²) in [6, 6.07) is 14.5. The molecular formula is C28H34F3N3O5S. The Labute approximate surface area is 232 Å². The molecule has 4 rings (SSSR count). The summed E-state index contributed by atoms with van der Waals surface area (Å²) in [6.45, 7) is 2.93. The molecule has 2 heterocycles. The zero-order chi connectivity index (χ0) is 29.4. The predicted octanol–water partition coefficient (Wildman–Crippen LogP) is 4.03. The molecule has 1 aliphatic rings. The highest BCUT2D eigenvalue weighted by atomic mass is 32.2. The molecular weight excluding hydrogens is 547 g/mol. The van der Waals surface area contributed by atoms with E-state index >= 15 is 0 Å². The molecule has 3 aromatic rings. The number of sulfonamides is 1. The molecule has 0 saturated heterocycles. The van der Waals surface area contributed by atoms with Crippen molar-refractivity contribution in [2.45, 2.75) is 38.8 Å². The van der Waals surface area contributed by atoms with Gasteiger partial charge >= 0.3 is 6.18 Å². The van der Waals surface area contributed by atoms with E-state index in [2.05, 4.69) is 0 Å². The average Bonchev–Trinajstić information content (AvgIpc) is 3.18. The van der Waals surface area contributed by atoms with Crippen LogP contribution in [0.15, 0.2) is 48.5 Å². The highest BCUT2D eigenvalue weighted by molar-refractivity contribution is 7.89. The minimum Gasteiger partial charge on any atom is -0.394 e. The molecule has 1 N–H and O–H groups in total. The van der Waals surface area contributed by atoms with Gasteiger partial charge in [-0.15, -0.1) is 0 Å². The number of aryl methyl sites for hydroxylation is 1. The first kappa shape index (κ1) is 30.0. The fourth-order valence-corrected chi connectivity index (χ4v) is 6.22. The van der Waals surface area contributed by atoms with E-state index in [0.717, 1.165) is 29.1 Å². The van der Waals surface area contributed by atoms with Crippen LogP contribution in [-0.2, 0) is 28.4 Å². The summed E-state index contributed by atoms with van der Waals surface area (Å²) >= 11 is 0. The van der Waals surface area contributed by atoms with E-state index in [1.165, 1.54) is 4.90 Å². The first-order valence-electron chi connectivity index (χ1n) is 12.9. The maximum atomic E-state index is 14.3. The van der Waals surface area contributed by atoms with Gasteiger partial charge in [0.15, 0.2) is 5.75 Å². The number of aromatic nitrogens is 1. The van der Waals surface area contributed by atoms with Gasteiger partial charge in [-0.3, -0.25) is 4.79 Å². The van der Waals surface area contributed by atoms with Crippen molar-refractivity contribution in [3.63, 3.8) is 0 Å². The third-order valence-electron chi connectivity index (χ3n) is 7.48. The van der Waals surface area contributed by atoms with Gasteiger partial charge in [0.25, 0.3) is 5.91 Å². The van der Waals surface area contributed by atoms with Crippen LogP contribution in [0.5, 0.6) is 0 Å². The van der Waals surface area contributed by atoms with Crippen LogP contribution in [0.25, 0.3) is 22.0 Å². The number of ether oxygens (including phenoxy) is 1. The van der Waals surface area contributed by atoms with Crippen LogP contribution in [0.4, 0.5) is 13.2 Å². The average molecular weight is 582 g/mol. The Morgan fingerprint density at radius 2 is 1.80 bits per heavy atom. The van der Waals surface area contributed by atoms with Gasteiger partial charge in [0.2, 0.25) is 10.0 Å². The summed E-state index contributed by atoms with van der Waals surface area (Å²) in [7, 11) is -1.74. The molecule has 40 heavy (non-hydrogen) atoms.